The molecule has 1 N–H and O–H groups in total. The lowest BCUT2D eigenvalue weighted by atomic mass is 10.1. The molecule has 0 saturated carbocycles. The Hall–Kier alpha value is -4.85. The number of ether oxygens (including phenoxy) is 4. The van der Waals surface area contributed by atoms with E-state index in [4.69, 9.17) is 18.9 Å². The Morgan fingerprint density at radius 1 is 0.846 bits per heavy atom. The maximum atomic E-state index is 12.6. The fourth-order valence-corrected chi connectivity index (χ4v) is 3.77. The van der Waals surface area contributed by atoms with E-state index >= 15 is 0 Å². The molecular formula is C31H30N2O6. The molecule has 0 aliphatic rings. The van der Waals surface area contributed by atoms with Gasteiger partial charge in [0.05, 0.1) is 25.0 Å². The first-order valence-corrected chi connectivity index (χ1v) is 12.7. The molecule has 0 radical (unpaired) electrons. The summed E-state index contributed by atoms with van der Waals surface area (Å²) in [6.07, 6.45) is 0.708. The zero-order valence-electron chi connectivity index (χ0n) is 22.0. The predicted molar refractivity (Wildman–Crippen MR) is 150 cm³/mol. The van der Waals surface area contributed by atoms with Crippen LogP contribution in [0.4, 0.5) is 0 Å². The lowest BCUT2D eigenvalue weighted by molar-refractivity contribution is -0.127. The summed E-state index contributed by atoms with van der Waals surface area (Å²) in [5.41, 5.74) is 3.53. The number of hydrazone groups is 1. The zero-order chi connectivity index (χ0) is 27.6. The van der Waals surface area contributed by atoms with Crippen molar-refractivity contribution in [2.75, 3.05) is 13.2 Å². The van der Waals surface area contributed by atoms with E-state index in [9.17, 15) is 9.59 Å². The van der Waals surface area contributed by atoms with Gasteiger partial charge in [0.25, 0.3) is 5.91 Å². The number of amides is 1. The molecule has 8 nitrogen and oxygen atoms in total. The molecule has 200 valence electrons. The standard InChI is InChI=1S/C31H30N2O6/c1-4-36-25-16-14-24(15-17-25)31(35)39-28-18-13-22(19-29(28)37-5-2)20-32-33-30(34)21(3)38-27-12-8-10-23-9-6-7-11-26(23)27/h6-21H,4-5H2,1-3H3,(H,33,34)/b32-20+. The highest BCUT2D eigenvalue weighted by molar-refractivity contribution is 5.92. The van der Waals surface area contributed by atoms with Gasteiger partial charge in [-0.2, -0.15) is 5.10 Å². The first-order valence-electron chi connectivity index (χ1n) is 12.7. The lowest BCUT2D eigenvalue weighted by Crippen LogP contribution is -2.33. The number of carbonyl (C=O) groups is 2. The molecule has 0 aromatic heterocycles. The minimum Gasteiger partial charge on any atom is -0.494 e. The molecule has 4 aromatic rings. The molecule has 0 bridgehead atoms. The largest absolute Gasteiger partial charge is 0.494 e. The van der Waals surface area contributed by atoms with Crippen LogP contribution in [0.1, 0.15) is 36.7 Å². The van der Waals surface area contributed by atoms with Gasteiger partial charge in [0, 0.05) is 5.39 Å². The molecule has 1 atom stereocenters. The Labute approximate surface area is 227 Å². The fraction of sp³-hybridized carbons (Fsp3) is 0.194. The summed E-state index contributed by atoms with van der Waals surface area (Å²) >= 11 is 0. The molecule has 4 aromatic carbocycles. The summed E-state index contributed by atoms with van der Waals surface area (Å²) in [7, 11) is 0. The first-order chi connectivity index (χ1) is 19.0. The molecule has 0 aliphatic carbocycles. The Kier molecular flexibility index (Phi) is 9.13. The van der Waals surface area contributed by atoms with E-state index in [0.29, 0.717) is 41.6 Å². The summed E-state index contributed by atoms with van der Waals surface area (Å²) in [6, 6.07) is 25.2. The van der Waals surface area contributed by atoms with E-state index in [-0.39, 0.29) is 5.75 Å². The van der Waals surface area contributed by atoms with Gasteiger partial charge in [0.15, 0.2) is 17.6 Å². The van der Waals surface area contributed by atoms with E-state index in [1.165, 1.54) is 6.21 Å². The summed E-state index contributed by atoms with van der Waals surface area (Å²) in [4.78, 5) is 25.2. The van der Waals surface area contributed by atoms with Gasteiger partial charge in [-0.15, -0.1) is 0 Å². The number of nitrogens with zero attached hydrogens (tertiary/aromatic N) is 1. The summed E-state index contributed by atoms with van der Waals surface area (Å²) in [5.74, 6) is 1.03. The van der Waals surface area contributed by atoms with Crippen LogP contribution in [0.3, 0.4) is 0 Å². The monoisotopic (exact) mass is 526 g/mol. The van der Waals surface area contributed by atoms with E-state index in [2.05, 4.69) is 10.5 Å². The van der Waals surface area contributed by atoms with Crippen LogP contribution >= 0.6 is 0 Å². The maximum absolute atomic E-state index is 12.6. The van der Waals surface area contributed by atoms with E-state index in [0.717, 1.165) is 10.8 Å². The molecule has 39 heavy (non-hydrogen) atoms. The third-order valence-electron chi connectivity index (χ3n) is 5.68. The minimum absolute atomic E-state index is 0.272. The lowest BCUT2D eigenvalue weighted by Gasteiger charge is -2.14. The van der Waals surface area contributed by atoms with Crippen molar-refractivity contribution < 1.29 is 28.5 Å². The van der Waals surface area contributed by atoms with Crippen LogP contribution in [-0.2, 0) is 4.79 Å². The molecule has 0 saturated heterocycles. The van der Waals surface area contributed by atoms with Crippen LogP contribution < -0.4 is 24.4 Å². The molecule has 1 amide bonds. The van der Waals surface area contributed by atoms with Crippen LogP contribution in [0.5, 0.6) is 23.0 Å². The van der Waals surface area contributed by atoms with Crippen molar-refractivity contribution in [2.24, 2.45) is 5.10 Å². The predicted octanol–water partition coefficient (Wildman–Crippen LogP) is 5.77. The van der Waals surface area contributed by atoms with Crippen LogP contribution in [0.2, 0.25) is 0 Å². The molecule has 8 heteroatoms. The third-order valence-corrected chi connectivity index (χ3v) is 5.68. The number of esters is 1. The van der Waals surface area contributed by atoms with E-state index < -0.39 is 18.0 Å². The van der Waals surface area contributed by atoms with Crippen LogP contribution in [-0.4, -0.2) is 37.4 Å². The van der Waals surface area contributed by atoms with E-state index in [1.807, 2.05) is 56.3 Å². The summed E-state index contributed by atoms with van der Waals surface area (Å²) in [6.45, 7) is 6.29. The highest BCUT2D eigenvalue weighted by atomic mass is 16.6. The van der Waals surface area contributed by atoms with Gasteiger partial charge in [-0.05, 0) is 80.3 Å². The van der Waals surface area contributed by atoms with Crippen molar-refractivity contribution in [2.45, 2.75) is 26.9 Å². The molecule has 4 rings (SSSR count). The Balaban J connectivity index is 1.38. The average molecular weight is 527 g/mol. The Bertz CT molecular complexity index is 1460. The average Bonchev–Trinajstić information content (AvgIpc) is 2.95. The van der Waals surface area contributed by atoms with Crippen LogP contribution in [0, 0.1) is 0 Å². The highest BCUT2D eigenvalue weighted by Gasteiger charge is 2.16. The number of fused-ring (bicyclic) bond motifs is 1. The van der Waals surface area contributed by atoms with Crippen molar-refractivity contribution in [3.8, 4) is 23.0 Å². The quantitative estimate of drug-likeness (QED) is 0.115. The fourth-order valence-electron chi connectivity index (χ4n) is 3.77. The second-order valence-electron chi connectivity index (χ2n) is 8.46. The van der Waals surface area contributed by atoms with Crippen molar-refractivity contribution in [3.63, 3.8) is 0 Å². The highest BCUT2D eigenvalue weighted by Crippen LogP contribution is 2.29. The van der Waals surface area contributed by atoms with E-state index in [1.54, 1.807) is 49.4 Å². The molecular weight excluding hydrogens is 496 g/mol. The topological polar surface area (TPSA) is 95.5 Å². The number of hydrogen-bond acceptors (Lipinski definition) is 7. The number of nitrogens with one attached hydrogen (secondary N) is 1. The van der Waals surface area contributed by atoms with Crippen molar-refractivity contribution in [1.29, 1.82) is 0 Å². The van der Waals surface area contributed by atoms with Crippen molar-refractivity contribution in [1.82, 2.24) is 5.43 Å². The molecule has 1 unspecified atom stereocenters. The number of rotatable bonds is 11. The summed E-state index contributed by atoms with van der Waals surface area (Å²) < 4.78 is 22.5. The molecule has 0 heterocycles. The molecule has 0 spiro atoms. The Morgan fingerprint density at radius 3 is 2.36 bits per heavy atom. The van der Waals surface area contributed by atoms with Crippen LogP contribution in [0.15, 0.2) is 90.0 Å². The van der Waals surface area contributed by atoms with Gasteiger partial charge in [0.2, 0.25) is 0 Å². The van der Waals surface area contributed by atoms with Gasteiger partial charge >= 0.3 is 5.97 Å². The van der Waals surface area contributed by atoms with Gasteiger partial charge < -0.3 is 18.9 Å². The molecule has 0 fully saturated rings. The van der Waals surface area contributed by atoms with Gasteiger partial charge in [-0.3, -0.25) is 4.79 Å². The van der Waals surface area contributed by atoms with Gasteiger partial charge in [-0.1, -0.05) is 36.4 Å². The minimum atomic E-state index is -0.767. The van der Waals surface area contributed by atoms with Crippen LogP contribution in [0.25, 0.3) is 10.8 Å². The SMILES string of the molecule is CCOc1ccc(C(=O)Oc2ccc(/C=N/NC(=O)C(C)Oc3cccc4ccccc34)cc2OCC)cc1. The zero-order valence-corrected chi connectivity index (χ0v) is 22.0. The Morgan fingerprint density at radius 2 is 1.59 bits per heavy atom. The molecule has 0 aliphatic heterocycles. The first kappa shape index (κ1) is 27.2. The summed E-state index contributed by atoms with van der Waals surface area (Å²) in [5, 5.41) is 6.00. The van der Waals surface area contributed by atoms with Crippen molar-refractivity contribution in [3.05, 3.63) is 96.1 Å². The second-order valence-corrected chi connectivity index (χ2v) is 8.46. The van der Waals surface area contributed by atoms with Crippen molar-refractivity contribution >= 4 is 28.9 Å². The number of hydrogen-bond donors (Lipinski definition) is 1. The smallest absolute Gasteiger partial charge is 0.343 e. The normalized spacial score (nSPS) is 11.7. The van der Waals surface area contributed by atoms with Gasteiger partial charge in [0.1, 0.15) is 11.5 Å². The second kappa shape index (κ2) is 13.1. The van der Waals surface area contributed by atoms with Gasteiger partial charge in [-0.25, -0.2) is 10.2 Å². The number of benzene rings is 4. The maximum Gasteiger partial charge on any atom is 0.343 e. The number of carbonyl (C=O) groups excluding carboxylic acids is 2. The third kappa shape index (κ3) is 7.13.